The summed E-state index contributed by atoms with van der Waals surface area (Å²) in [6.07, 6.45) is 3.34. The molecule has 4 N–H and O–H groups in total. The van der Waals surface area contributed by atoms with Gasteiger partial charge in [-0.25, -0.2) is 4.79 Å². The molecule has 0 aromatic carbocycles. The van der Waals surface area contributed by atoms with Gasteiger partial charge in [0.15, 0.2) is 5.60 Å². The van der Waals surface area contributed by atoms with Crippen molar-refractivity contribution in [1.29, 1.82) is 0 Å². The lowest BCUT2D eigenvalue weighted by Crippen LogP contribution is -2.51. The highest BCUT2D eigenvalue weighted by Gasteiger charge is 2.37. The Labute approximate surface area is 108 Å². The van der Waals surface area contributed by atoms with Crippen LogP contribution in [-0.2, 0) is 4.79 Å². The maximum Gasteiger partial charge on any atom is 0.336 e. The molecule has 1 fully saturated rings. The van der Waals surface area contributed by atoms with Crippen LogP contribution in [0, 0.1) is 5.41 Å². The van der Waals surface area contributed by atoms with E-state index >= 15 is 0 Å². The molecule has 0 spiro atoms. The van der Waals surface area contributed by atoms with Gasteiger partial charge >= 0.3 is 5.97 Å². The zero-order valence-corrected chi connectivity index (χ0v) is 11.5. The van der Waals surface area contributed by atoms with Gasteiger partial charge in [-0.2, -0.15) is 0 Å². The third kappa shape index (κ3) is 4.23. The molecule has 1 unspecified atom stereocenters. The van der Waals surface area contributed by atoms with Crippen molar-refractivity contribution < 1.29 is 20.1 Å². The smallest absolute Gasteiger partial charge is 0.336 e. The van der Waals surface area contributed by atoms with E-state index in [4.69, 9.17) is 5.11 Å². The summed E-state index contributed by atoms with van der Waals surface area (Å²) in [5.41, 5.74) is -2.28. The maximum absolute atomic E-state index is 10.7. The molecule has 106 valence electrons. The Morgan fingerprint density at radius 3 is 2.22 bits per heavy atom. The number of nitrogens with one attached hydrogen (secondary N) is 1. The van der Waals surface area contributed by atoms with Crippen molar-refractivity contribution in [2.45, 2.75) is 57.7 Å². The third-order valence-electron chi connectivity index (χ3n) is 3.92. The summed E-state index contributed by atoms with van der Waals surface area (Å²) < 4.78 is 0. The highest BCUT2D eigenvalue weighted by atomic mass is 16.4. The van der Waals surface area contributed by atoms with Crippen molar-refractivity contribution in [2.75, 3.05) is 13.1 Å². The number of carboxylic acid groups (broad SMARTS) is 1. The monoisotopic (exact) mass is 259 g/mol. The van der Waals surface area contributed by atoms with Gasteiger partial charge in [-0.1, -0.05) is 13.8 Å². The van der Waals surface area contributed by atoms with Crippen LogP contribution in [0.25, 0.3) is 0 Å². The number of carboxylic acids is 1. The second-order valence-electron chi connectivity index (χ2n) is 6.57. The minimum Gasteiger partial charge on any atom is -0.479 e. The van der Waals surface area contributed by atoms with Crippen molar-refractivity contribution in [3.8, 4) is 0 Å². The van der Waals surface area contributed by atoms with Crippen molar-refractivity contribution in [2.24, 2.45) is 5.41 Å². The minimum atomic E-state index is -1.79. The van der Waals surface area contributed by atoms with E-state index in [9.17, 15) is 15.0 Å². The quantitative estimate of drug-likeness (QED) is 0.585. The molecule has 0 amide bonds. The van der Waals surface area contributed by atoms with Gasteiger partial charge in [0.25, 0.3) is 0 Å². The number of aliphatic hydroxyl groups is 2. The van der Waals surface area contributed by atoms with E-state index in [-0.39, 0.29) is 12.0 Å². The van der Waals surface area contributed by atoms with Crippen molar-refractivity contribution in [3.63, 3.8) is 0 Å². The second-order valence-corrected chi connectivity index (χ2v) is 6.57. The van der Waals surface area contributed by atoms with Gasteiger partial charge in [0.1, 0.15) is 0 Å². The van der Waals surface area contributed by atoms with Gasteiger partial charge in [-0.15, -0.1) is 0 Å². The first-order valence-electron chi connectivity index (χ1n) is 6.45. The molecular weight excluding hydrogens is 234 g/mol. The molecule has 18 heavy (non-hydrogen) atoms. The molecule has 1 rings (SSSR count). The lowest BCUT2D eigenvalue weighted by Gasteiger charge is -2.40. The molecule has 1 atom stereocenters. The summed E-state index contributed by atoms with van der Waals surface area (Å²) in [4.78, 5) is 10.7. The van der Waals surface area contributed by atoms with E-state index in [1.54, 1.807) is 0 Å². The van der Waals surface area contributed by atoms with Crippen LogP contribution in [0.2, 0.25) is 0 Å². The standard InChI is InChI=1S/C13H25NO4/c1-11(2)4-6-13(18,7-5-11)9-14-8-12(3,17)10(15)16/h14,17-18H,4-9H2,1-3H3,(H,15,16). The normalized spacial score (nSPS) is 25.4. The summed E-state index contributed by atoms with van der Waals surface area (Å²) in [6, 6.07) is 0. The van der Waals surface area contributed by atoms with E-state index < -0.39 is 17.2 Å². The molecule has 1 aliphatic carbocycles. The first kappa shape index (κ1) is 15.4. The molecule has 1 aliphatic rings. The van der Waals surface area contributed by atoms with Crippen LogP contribution in [0.1, 0.15) is 46.5 Å². The molecular formula is C13H25NO4. The highest BCUT2D eigenvalue weighted by molar-refractivity contribution is 5.76. The molecule has 5 nitrogen and oxygen atoms in total. The summed E-state index contributed by atoms with van der Waals surface area (Å²) >= 11 is 0. The molecule has 5 heteroatoms. The van der Waals surface area contributed by atoms with E-state index in [1.807, 2.05) is 0 Å². The number of carbonyl (C=O) groups is 1. The lowest BCUT2D eigenvalue weighted by molar-refractivity contribution is -0.156. The predicted octanol–water partition coefficient (Wildman–Crippen LogP) is 0.743. The van der Waals surface area contributed by atoms with Gasteiger partial charge in [-0.3, -0.25) is 0 Å². The number of rotatable bonds is 5. The summed E-state index contributed by atoms with van der Waals surface area (Å²) in [7, 11) is 0. The van der Waals surface area contributed by atoms with E-state index in [2.05, 4.69) is 19.2 Å². The molecule has 1 saturated carbocycles. The Morgan fingerprint density at radius 2 is 1.78 bits per heavy atom. The largest absolute Gasteiger partial charge is 0.479 e. The second kappa shape index (κ2) is 5.15. The third-order valence-corrected chi connectivity index (χ3v) is 3.92. The summed E-state index contributed by atoms with van der Waals surface area (Å²) in [5, 5.41) is 31.5. The van der Waals surface area contributed by atoms with Gasteiger partial charge in [-0.05, 0) is 38.0 Å². The zero-order valence-electron chi connectivity index (χ0n) is 11.5. The molecule has 0 aromatic rings. The molecule has 0 aliphatic heterocycles. The average molecular weight is 259 g/mol. The van der Waals surface area contributed by atoms with Gasteiger partial charge < -0.3 is 20.6 Å². The minimum absolute atomic E-state index is 0.0615. The Bertz CT molecular complexity index is 302. The molecule has 0 bridgehead atoms. The molecule has 0 saturated heterocycles. The van der Waals surface area contributed by atoms with Crippen LogP contribution < -0.4 is 5.32 Å². The number of hydrogen-bond donors (Lipinski definition) is 4. The molecule has 0 radical (unpaired) electrons. The topological polar surface area (TPSA) is 89.8 Å². The summed E-state index contributed by atoms with van der Waals surface area (Å²) in [6.45, 7) is 5.89. The van der Waals surface area contributed by atoms with Crippen molar-refractivity contribution in [1.82, 2.24) is 5.32 Å². The molecule has 0 aromatic heterocycles. The Hall–Kier alpha value is -0.650. The number of aliphatic carboxylic acids is 1. The van der Waals surface area contributed by atoms with Gasteiger partial charge in [0.05, 0.1) is 5.60 Å². The average Bonchev–Trinajstić information content (AvgIpc) is 2.23. The number of hydrogen-bond acceptors (Lipinski definition) is 4. The first-order chi connectivity index (χ1) is 8.06. The Morgan fingerprint density at radius 1 is 1.28 bits per heavy atom. The van der Waals surface area contributed by atoms with Crippen LogP contribution in [0.5, 0.6) is 0 Å². The van der Waals surface area contributed by atoms with E-state index in [1.165, 1.54) is 6.92 Å². The predicted molar refractivity (Wildman–Crippen MR) is 68.3 cm³/mol. The van der Waals surface area contributed by atoms with Crippen LogP contribution >= 0.6 is 0 Å². The Balaban J connectivity index is 2.38. The zero-order chi connectivity index (χ0) is 14.0. The van der Waals surface area contributed by atoms with E-state index in [0.717, 1.165) is 12.8 Å². The van der Waals surface area contributed by atoms with Gasteiger partial charge in [0.2, 0.25) is 0 Å². The van der Waals surface area contributed by atoms with Crippen molar-refractivity contribution >= 4 is 5.97 Å². The highest BCUT2D eigenvalue weighted by Crippen LogP contribution is 2.39. The van der Waals surface area contributed by atoms with E-state index in [0.29, 0.717) is 19.4 Å². The first-order valence-corrected chi connectivity index (χ1v) is 6.45. The maximum atomic E-state index is 10.7. The lowest BCUT2D eigenvalue weighted by atomic mass is 9.71. The fourth-order valence-corrected chi connectivity index (χ4v) is 2.18. The Kier molecular flexibility index (Phi) is 4.41. The van der Waals surface area contributed by atoms with Gasteiger partial charge in [0, 0.05) is 13.1 Å². The SMILES string of the molecule is CC1(C)CCC(O)(CNCC(C)(O)C(=O)O)CC1. The van der Waals surface area contributed by atoms with Crippen molar-refractivity contribution in [3.05, 3.63) is 0 Å². The molecule has 0 heterocycles. The summed E-state index contributed by atoms with van der Waals surface area (Å²) in [5.74, 6) is -1.26. The fraction of sp³-hybridized carbons (Fsp3) is 0.923. The van der Waals surface area contributed by atoms with Crippen LogP contribution in [0.15, 0.2) is 0 Å². The van der Waals surface area contributed by atoms with Crippen LogP contribution in [-0.4, -0.2) is 45.6 Å². The van der Waals surface area contributed by atoms with Crippen LogP contribution in [0.4, 0.5) is 0 Å². The van der Waals surface area contributed by atoms with Crippen LogP contribution in [0.3, 0.4) is 0 Å². The fourth-order valence-electron chi connectivity index (χ4n) is 2.18.